The molecule has 1 heterocycles. The Morgan fingerprint density at radius 2 is 1.72 bits per heavy atom. The molecule has 8 heteroatoms. The second kappa shape index (κ2) is 7.59. The maximum absolute atomic E-state index is 13.0. The number of amides is 2. The first-order valence-corrected chi connectivity index (χ1v) is 8.32. The van der Waals surface area contributed by atoms with Gasteiger partial charge in [-0.25, -0.2) is 9.59 Å². The number of hydrogen-bond donors (Lipinski definition) is 2. The average Bonchev–Trinajstić information content (AvgIpc) is 2.82. The summed E-state index contributed by atoms with van der Waals surface area (Å²) < 4.78 is 9.95. The molecular weight excluding hydrogens is 328 g/mol. The molecule has 2 N–H and O–H groups in total. The van der Waals surface area contributed by atoms with Gasteiger partial charge in [0, 0.05) is 13.0 Å². The molecule has 0 aliphatic carbocycles. The van der Waals surface area contributed by atoms with Crippen molar-refractivity contribution in [3.05, 3.63) is 0 Å². The maximum Gasteiger partial charge on any atom is 0.408 e. The Morgan fingerprint density at radius 3 is 2.16 bits per heavy atom. The first kappa shape index (κ1) is 21.2. The minimum atomic E-state index is -0.917. The van der Waals surface area contributed by atoms with Crippen LogP contribution in [0.3, 0.4) is 0 Å². The number of alkyl carbamates (subject to hydrolysis) is 1. The number of esters is 1. The SMILES string of the molecule is COC(=O)[C@H]1C[C@H](O)CN1C(=O)[C@@H](NC(=O)OC(C)(C)C)C(C)(C)C. The fourth-order valence-corrected chi connectivity index (χ4v) is 2.66. The standard InChI is InChI=1S/C17H30N2O6/c1-16(2,3)12(18-15(23)25-17(4,5)6)13(21)19-9-10(20)8-11(19)14(22)24-7/h10-12,20H,8-9H2,1-7H3,(H,18,23)/t10-,11+,12+/m0/s1. The summed E-state index contributed by atoms with van der Waals surface area (Å²) in [5, 5.41) is 12.5. The van der Waals surface area contributed by atoms with Crippen molar-refractivity contribution >= 4 is 18.0 Å². The van der Waals surface area contributed by atoms with E-state index in [2.05, 4.69) is 5.32 Å². The summed E-state index contributed by atoms with van der Waals surface area (Å²) in [5.74, 6) is -1.04. The highest BCUT2D eigenvalue weighted by Gasteiger charge is 2.45. The van der Waals surface area contributed by atoms with E-state index in [1.807, 2.05) is 0 Å². The second-order valence-corrected chi connectivity index (χ2v) is 8.36. The van der Waals surface area contributed by atoms with Crippen molar-refractivity contribution in [3.8, 4) is 0 Å². The maximum atomic E-state index is 13.0. The normalized spacial score (nSPS) is 22.3. The molecule has 1 rings (SSSR count). The Bertz CT molecular complexity index is 520. The lowest BCUT2D eigenvalue weighted by molar-refractivity contribution is -0.152. The Balaban J connectivity index is 3.01. The van der Waals surface area contributed by atoms with E-state index >= 15 is 0 Å². The Labute approximate surface area is 148 Å². The molecule has 3 atom stereocenters. The van der Waals surface area contributed by atoms with Gasteiger partial charge >= 0.3 is 12.1 Å². The van der Waals surface area contributed by atoms with Crippen LogP contribution in [-0.2, 0) is 19.1 Å². The van der Waals surface area contributed by atoms with Crippen molar-refractivity contribution < 1.29 is 29.0 Å². The molecule has 144 valence electrons. The molecule has 2 amide bonds. The van der Waals surface area contributed by atoms with Crippen molar-refractivity contribution in [3.63, 3.8) is 0 Å². The minimum Gasteiger partial charge on any atom is -0.467 e. The quantitative estimate of drug-likeness (QED) is 0.731. The van der Waals surface area contributed by atoms with Crippen LogP contribution in [0.25, 0.3) is 0 Å². The lowest BCUT2D eigenvalue weighted by Crippen LogP contribution is -2.57. The number of likely N-dealkylation sites (tertiary alicyclic amines) is 1. The molecule has 0 unspecified atom stereocenters. The number of ether oxygens (including phenoxy) is 2. The molecular formula is C17H30N2O6. The Hall–Kier alpha value is -1.83. The van der Waals surface area contributed by atoms with Crippen LogP contribution in [0.15, 0.2) is 0 Å². The summed E-state index contributed by atoms with van der Waals surface area (Å²) in [4.78, 5) is 38.3. The van der Waals surface area contributed by atoms with E-state index in [4.69, 9.17) is 9.47 Å². The largest absolute Gasteiger partial charge is 0.467 e. The van der Waals surface area contributed by atoms with Gasteiger partial charge in [0.2, 0.25) is 5.91 Å². The van der Waals surface area contributed by atoms with E-state index in [0.29, 0.717) is 0 Å². The second-order valence-electron chi connectivity index (χ2n) is 8.36. The van der Waals surface area contributed by atoms with Gasteiger partial charge in [-0.3, -0.25) is 4.79 Å². The number of β-amino-alcohol motifs (C(OH)–C–C–N with tert-alkyl or cyclic N) is 1. The number of rotatable bonds is 3. The molecule has 0 spiro atoms. The molecule has 8 nitrogen and oxygen atoms in total. The van der Waals surface area contributed by atoms with Crippen LogP contribution in [0, 0.1) is 5.41 Å². The van der Waals surface area contributed by atoms with Crippen molar-refractivity contribution in [2.24, 2.45) is 5.41 Å². The van der Waals surface area contributed by atoms with Gasteiger partial charge in [-0.2, -0.15) is 0 Å². The predicted octanol–water partition coefficient (Wildman–Crippen LogP) is 1.06. The number of carbonyl (C=O) groups excluding carboxylic acids is 3. The topological polar surface area (TPSA) is 105 Å². The summed E-state index contributed by atoms with van der Waals surface area (Å²) in [6.07, 6.45) is -1.41. The van der Waals surface area contributed by atoms with Crippen LogP contribution >= 0.6 is 0 Å². The van der Waals surface area contributed by atoms with Crippen LogP contribution in [0.2, 0.25) is 0 Å². The highest BCUT2D eigenvalue weighted by atomic mass is 16.6. The molecule has 0 bridgehead atoms. The van der Waals surface area contributed by atoms with Gasteiger partial charge in [0.25, 0.3) is 0 Å². The van der Waals surface area contributed by atoms with Crippen LogP contribution in [0.1, 0.15) is 48.0 Å². The molecule has 0 aromatic rings. The van der Waals surface area contributed by atoms with Gasteiger partial charge in [0.1, 0.15) is 17.7 Å². The van der Waals surface area contributed by atoms with Gasteiger partial charge < -0.3 is 24.8 Å². The van der Waals surface area contributed by atoms with E-state index in [-0.39, 0.29) is 13.0 Å². The summed E-state index contributed by atoms with van der Waals surface area (Å²) in [6.45, 7) is 10.6. The highest BCUT2D eigenvalue weighted by molar-refractivity contribution is 5.91. The molecule has 1 saturated heterocycles. The van der Waals surface area contributed by atoms with Crippen LogP contribution in [0.5, 0.6) is 0 Å². The Kier molecular flexibility index (Phi) is 6.44. The third-order valence-corrected chi connectivity index (χ3v) is 3.81. The average molecular weight is 358 g/mol. The van der Waals surface area contributed by atoms with E-state index < -0.39 is 47.2 Å². The number of carbonyl (C=O) groups is 3. The number of aliphatic hydroxyl groups excluding tert-OH is 1. The van der Waals surface area contributed by atoms with Gasteiger partial charge in [0.05, 0.1) is 13.2 Å². The summed E-state index contributed by atoms with van der Waals surface area (Å²) in [6, 6.07) is -1.78. The molecule has 0 aromatic heterocycles. The van der Waals surface area contributed by atoms with Gasteiger partial charge in [0.15, 0.2) is 0 Å². The van der Waals surface area contributed by atoms with Crippen LogP contribution in [-0.4, -0.2) is 65.4 Å². The number of nitrogens with one attached hydrogen (secondary N) is 1. The number of nitrogens with zero attached hydrogens (tertiary/aromatic N) is 1. The van der Waals surface area contributed by atoms with E-state index in [1.165, 1.54) is 12.0 Å². The number of methoxy groups -OCH3 is 1. The minimum absolute atomic E-state index is 0.0151. The lowest BCUT2D eigenvalue weighted by Gasteiger charge is -2.35. The summed E-state index contributed by atoms with van der Waals surface area (Å²) in [5.41, 5.74) is -1.32. The van der Waals surface area contributed by atoms with Gasteiger partial charge in [-0.05, 0) is 26.2 Å². The molecule has 25 heavy (non-hydrogen) atoms. The van der Waals surface area contributed by atoms with E-state index in [0.717, 1.165) is 0 Å². The molecule has 0 radical (unpaired) electrons. The summed E-state index contributed by atoms with van der Waals surface area (Å²) in [7, 11) is 1.23. The van der Waals surface area contributed by atoms with E-state index in [1.54, 1.807) is 41.5 Å². The Morgan fingerprint density at radius 1 is 1.16 bits per heavy atom. The fourth-order valence-electron chi connectivity index (χ4n) is 2.66. The number of aliphatic hydroxyl groups is 1. The molecule has 1 aliphatic heterocycles. The summed E-state index contributed by atoms with van der Waals surface area (Å²) >= 11 is 0. The van der Waals surface area contributed by atoms with Gasteiger partial charge in [-0.1, -0.05) is 20.8 Å². The highest BCUT2D eigenvalue weighted by Crippen LogP contribution is 2.26. The zero-order valence-corrected chi connectivity index (χ0v) is 16.1. The first-order chi connectivity index (χ1) is 11.3. The van der Waals surface area contributed by atoms with Crippen molar-refractivity contribution in [1.82, 2.24) is 10.2 Å². The van der Waals surface area contributed by atoms with Gasteiger partial charge in [-0.15, -0.1) is 0 Å². The van der Waals surface area contributed by atoms with Crippen LogP contribution < -0.4 is 5.32 Å². The molecule has 0 aromatic carbocycles. The van der Waals surface area contributed by atoms with Crippen molar-refractivity contribution in [2.75, 3.05) is 13.7 Å². The predicted molar refractivity (Wildman–Crippen MR) is 90.8 cm³/mol. The number of hydrogen-bond acceptors (Lipinski definition) is 6. The zero-order chi connectivity index (χ0) is 19.6. The first-order valence-electron chi connectivity index (χ1n) is 8.32. The third kappa shape index (κ3) is 5.88. The fraction of sp³-hybridized carbons (Fsp3) is 0.824. The lowest BCUT2D eigenvalue weighted by atomic mass is 9.85. The van der Waals surface area contributed by atoms with Crippen molar-refractivity contribution in [2.45, 2.75) is 71.8 Å². The van der Waals surface area contributed by atoms with Crippen LogP contribution in [0.4, 0.5) is 4.79 Å². The zero-order valence-electron chi connectivity index (χ0n) is 16.1. The molecule has 1 aliphatic rings. The molecule has 1 fully saturated rings. The van der Waals surface area contributed by atoms with Crippen molar-refractivity contribution in [1.29, 1.82) is 0 Å². The molecule has 0 saturated carbocycles. The van der Waals surface area contributed by atoms with E-state index in [9.17, 15) is 19.5 Å². The third-order valence-electron chi connectivity index (χ3n) is 3.81. The monoisotopic (exact) mass is 358 g/mol. The smallest absolute Gasteiger partial charge is 0.408 e.